The largest absolute Gasteiger partial charge is 0.385 e. The Balaban J connectivity index is 1.85. The molecule has 1 aromatic heterocycles. The number of aromatic nitrogens is 2. The van der Waals surface area contributed by atoms with Gasteiger partial charge in [-0.3, -0.25) is 19.0 Å². The second-order valence-corrected chi connectivity index (χ2v) is 6.73. The fourth-order valence-corrected chi connectivity index (χ4v) is 3.31. The van der Waals surface area contributed by atoms with Gasteiger partial charge in [-0.25, -0.2) is 0 Å². The van der Waals surface area contributed by atoms with Gasteiger partial charge in [-0.2, -0.15) is 0 Å². The highest BCUT2D eigenvalue weighted by atomic mass is 16.5. The van der Waals surface area contributed by atoms with Crippen molar-refractivity contribution in [2.24, 2.45) is 0 Å². The van der Waals surface area contributed by atoms with E-state index in [1.165, 1.54) is 9.13 Å². The Morgan fingerprint density at radius 1 is 0.966 bits per heavy atom. The molecule has 7 nitrogen and oxygen atoms in total. The molecule has 0 saturated carbocycles. The second kappa shape index (κ2) is 9.34. The van der Waals surface area contributed by atoms with E-state index < -0.39 is 11.1 Å². The minimum Gasteiger partial charge on any atom is -0.385 e. The van der Waals surface area contributed by atoms with Crippen LogP contribution in [0.15, 0.2) is 58.1 Å². The van der Waals surface area contributed by atoms with Crippen molar-refractivity contribution in [2.75, 3.05) is 20.3 Å². The summed E-state index contributed by atoms with van der Waals surface area (Å²) in [5.41, 5.74) is 1.74. The zero-order chi connectivity index (χ0) is 20.8. The van der Waals surface area contributed by atoms with Gasteiger partial charge < -0.3 is 14.6 Å². The summed E-state index contributed by atoms with van der Waals surface area (Å²) in [5, 5.41) is 2.84. The average molecular weight is 395 g/mol. The molecule has 3 rings (SSSR count). The number of methoxy groups -OCH3 is 1. The van der Waals surface area contributed by atoms with Crippen molar-refractivity contribution in [1.82, 2.24) is 14.5 Å². The first-order chi connectivity index (χ1) is 14.1. The van der Waals surface area contributed by atoms with E-state index in [0.29, 0.717) is 30.8 Å². The molecule has 7 heteroatoms. The summed E-state index contributed by atoms with van der Waals surface area (Å²) in [6.07, 6.45) is 0.750. The van der Waals surface area contributed by atoms with Gasteiger partial charge in [-0.1, -0.05) is 24.3 Å². The molecule has 1 N–H and O–H groups in total. The van der Waals surface area contributed by atoms with E-state index in [2.05, 4.69) is 5.32 Å². The van der Waals surface area contributed by atoms with Crippen LogP contribution in [0.5, 0.6) is 0 Å². The SMILES string of the molecule is CCn1c(=O)c(=O)n(Cc2ccc(C(=O)NCCCOC)cc2)c2ccccc21. The number of nitrogens with one attached hydrogen (secondary N) is 1. The molecule has 0 unspecified atom stereocenters. The maximum Gasteiger partial charge on any atom is 0.317 e. The van der Waals surface area contributed by atoms with Crippen LogP contribution in [0.25, 0.3) is 11.0 Å². The summed E-state index contributed by atoms with van der Waals surface area (Å²) in [4.78, 5) is 37.3. The topological polar surface area (TPSA) is 82.3 Å². The predicted octanol–water partition coefficient (Wildman–Crippen LogP) is 2.00. The van der Waals surface area contributed by atoms with Crippen molar-refractivity contribution in [2.45, 2.75) is 26.4 Å². The van der Waals surface area contributed by atoms with E-state index >= 15 is 0 Å². The molecule has 152 valence electrons. The van der Waals surface area contributed by atoms with Crippen LogP contribution in [-0.4, -0.2) is 35.3 Å². The van der Waals surface area contributed by atoms with Crippen molar-refractivity contribution in [3.8, 4) is 0 Å². The summed E-state index contributed by atoms with van der Waals surface area (Å²) in [7, 11) is 1.62. The third-order valence-corrected chi connectivity index (χ3v) is 4.82. The lowest BCUT2D eigenvalue weighted by atomic mass is 10.1. The third-order valence-electron chi connectivity index (χ3n) is 4.82. The molecule has 2 aromatic carbocycles. The number of fused-ring (bicyclic) bond motifs is 1. The van der Waals surface area contributed by atoms with Crippen LogP contribution in [0.4, 0.5) is 0 Å². The van der Waals surface area contributed by atoms with Gasteiger partial charge in [0, 0.05) is 32.4 Å². The predicted molar refractivity (Wildman–Crippen MR) is 113 cm³/mol. The van der Waals surface area contributed by atoms with Gasteiger partial charge in [0.1, 0.15) is 0 Å². The summed E-state index contributed by atoms with van der Waals surface area (Å²) >= 11 is 0. The maximum absolute atomic E-state index is 12.7. The Hall–Kier alpha value is -3.19. The molecular weight excluding hydrogens is 370 g/mol. The Kier molecular flexibility index (Phi) is 6.61. The molecule has 0 aliphatic rings. The molecule has 1 amide bonds. The summed E-state index contributed by atoms with van der Waals surface area (Å²) < 4.78 is 7.94. The smallest absolute Gasteiger partial charge is 0.317 e. The average Bonchev–Trinajstić information content (AvgIpc) is 2.75. The quantitative estimate of drug-likeness (QED) is 0.467. The standard InChI is InChI=1S/C22H25N3O4/c1-3-24-18-7-4-5-8-19(18)25(22(28)21(24)27)15-16-9-11-17(12-10-16)20(26)23-13-6-14-29-2/h4-5,7-12H,3,6,13-15H2,1-2H3,(H,23,26). The monoisotopic (exact) mass is 395 g/mol. The molecule has 0 aliphatic carbocycles. The van der Waals surface area contributed by atoms with Crippen LogP contribution in [-0.2, 0) is 17.8 Å². The van der Waals surface area contributed by atoms with Crippen molar-refractivity contribution < 1.29 is 9.53 Å². The number of ether oxygens (including phenoxy) is 1. The minimum absolute atomic E-state index is 0.152. The minimum atomic E-state index is -0.550. The zero-order valence-electron chi connectivity index (χ0n) is 16.7. The second-order valence-electron chi connectivity index (χ2n) is 6.73. The fourth-order valence-electron chi connectivity index (χ4n) is 3.31. The number of carbonyl (C=O) groups excluding carboxylic acids is 1. The molecule has 1 heterocycles. The molecule has 29 heavy (non-hydrogen) atoms. The van der Waals surface area contributed by atoms with Crippen LogP contribution >= 0.6 is 0 Å². The molecule has 0 aliphatic heterocycles. The van der Waals surface area contributed by atoms with Crippen molar-refractivity contribution in [3.63, 3.8) is 0 Å². The Morgan fingerprint density at radius 2 is 1.59 bits per heavy atom. The van der Waals surface area contributed by atoms with Gasteiger partial charge in [0.2, 0.25) is 0 Å². The number of rotatable bonds is 8. The van der Waals surface area contributed by atoms with E-state index in [-0.39, 0.29) is 12.5 Å². The van der Waals surface area contributed by atoms with Gasteiger partial charge in [0.15, 0.2) is 0 Å². The van der Waals surface area contributed by atoms with Gasteiger partial charge in [-0.15, -0.1) is 0 Å². The fraction of sp³-hybridized carbons (Fsp3) is 0.318. The number of amides is 1. The highest BCUT2D eigenvalue weighted by molar-refractivity contribution is 5.94. The summed E-state index contributed by atoms with van der Waals surface area (Å²) in [5.74, 6) is -0.152. The van der Waals surface area contributed by atoms with Gasteiger partial charge >= 0.3 is 11.1 Å². The van der Waals surface area contributed by atoms with Crippen LogP contribution in [0.1, 0.15) is 29.3 Å². The number of carbonyl (C=O) groups is 1. The summed E-state index contributed by atoms with van der Waals surface area (Å²) in [6.45, 7) is 3.68. The molecule has 0 saturated heterocycles. The van der Waals surface area contributed by atoms with Crippen molar-refractivity contribution in [1.29, 1.82) is 0 Å². The number of para-hydroxylation sites is 2. The molecule has 0 fully saturated rings. The van der Waals surface area contributed by atoms with Crippen LogP contribution in [0.3, 0.4) is 0 Å². The molecule has 0 radical (unpaired) electrons. The number of benzene rings is 2. The first-order valence-electron chi connectivity index (χ1n) is 9.65. The van der Waals surface area contributed by atoms with E-state index in [1.807, 2.05) is 31.2 Å². The normalized spacial score (nSPS) is 11.0. The molecule has 0 bridgehead atoms. The van der Waals surface area contributed by atoms with Crippen LogP contribution in [0, 0.1) is 0 Å². The Bertz CT molecular complexity index is 1110. The van der Waals surface area contributed by atoms with Crippen molar-refractivity contribution >= 4 is 16.9 Å². The molecule has 0 atom stereocenters. The molecule has 3 aromatic rings. The number of hydrogen-bond donors (Lipinski definition) is 1. The lowest BCUT2D eigenvalue weighted by Gasteiger charge is -2.14. The van der Waals surface area contributed by atoms with Gasteiger partial charge in [0.25, 0.3) is 5.91 Å². The number of hydrogen-bond acceptors (Lipinski definition) is 4. The third kappa shape index (κ3) is 4.46. The number of aryl methyl sites for hydroxylation is 1. The first-order valence-corrected chi connectivity index (χ1v) is 9.65. The van der Waals surface area contributed by atoms with Crippen LogP contribution < -0.4 is 16.4 Å². The summed E-state index contributed by atoms with van der Waals surface area (Å²) in [6, 6.07) is 14.4. The Labute approximate surface area is 168 Å². The molecule has 0 spiro atoms. The van der Waals surface area contributed by atoms with E-state index in [9.17, 15) is 14.4 Å². The van der Waals surface area contributed by atoms with E-state index in [1.54, 1.807) is 31.4 Å². The van der Waals surface area contributed by atoms with Gasteiger partial charge in [-0.05, 0) is 43.2 Å². The van der Waals surface area contributed by atoms with E-state index in [4.69, 9.17) is 4.74 Å². The number of nitrogens with zero attached hydrogens (tertiary/aromatic N) is 2. The highest BCUT2D eigenvalue weighted by Crippen LogP contribution is 2.13. The zero-order valence-corrected chi connectivity index (χ0v) is 16.7. The first kappa shape index (κ1) is 20.5. The van der Waals surface area contributed by atoms with E-state index in [0.717, 1.165) is 17.5 Å². The lowest BCUT2D eigenvalue weighted by Crippen LogP contribution is -2.41. The highest BCUT2D eigenvalue weighted by Gasteiger charge is 2.12. The maximum atomic E-state index is 12.7. The van der Waals surface area contributed by atoms with Crippen molar-refractivity contribution in [3.05, 3.63) is 80.4 Å². The lowest BCUT2D eigenvalue weighted by molar-refractivity contribution is 0.0948. The van der Waals surface area contributed by atoms with Crippen LogP contribution in [0.2, 0.25) is 0 Å². The van der Waals surface area contributed by atoms with Gasteiger partial charge in [0.05, 0.1) is 17.6 Å². The molecular formula is C22H25N3O4. The Morgan fingerprint density at radius 3 is 2.21 bits per heavy atom.